The molecule has 0 spiro atoms. The molecular weight excluding hydrogens is 410 g/mol. The summed E-state index contributed by atoms with van der Waals surface area (Å²) in [7, 11) is 0. The normalized spacial score (nSPS) is 12.5. The van der Waals surface area contributed by atoms with Crippen molar-refractivity contribution >= 4 is 50.5 Å². The van der Waals surface area contributed by atoms with Gasteiger partial charge in [0.2, 0.25) is 4.96 Å². The maximum absolute atomic E-state index is 12.5. The number of nitrogens with zero attached hydrogens (tertiary/aromatic N) is 3. The Labute approximate surface area is 162 Å². The summed E-state index contributed by atoms with van der Waals surface area (Å²) in [5.41, 5.74) is 3.10. The maximum atomic E-state index is 12.5. The number of hydrogen-bond acceptors (Lipinski definition) is 4. The fourth-order valence-electron chi connectivity index (χ4n) is 2.52. The Morgan fingerprint density at radius 1 is 1.08 bits per heavy atom. The molecule has 0 aliphatic heterocycles. The van der Waals surface area contributed by atoms with E-state index in [9.17, 15) is 4.79 Å². The maximum Gasteiger partial charge on any atom is 0.291 e. The van der Waals surface area contributed by atoms with Gasteiger partial charge in [0, 0.05) is 4.47 Å². The van der Waals surface area contributed by atoms with Crippen molar-refractivity contribution in [3.05, 3.63) is 90.4 Å². The summed E-state index contributed by atoms with van der Waals surface area (Å²) in [5, 5.41) is 4.31. The van der Waals surface area contributed by atoms with Crippen LogP contribution in [0.4, 0.5) is 0 Å². The summed E-state index contributed by atoms with van der Waals surface area (Å²) in [6.45, 7) is 2.05. The third-order valence-corrected chi connectivity index (χ3v) is 5.30. The van der Waals surface area contributed by atoms with E-state index in [-0.39, 0.29) is 5.56 Å². The summed E-state index contributed by atoms with van der Waals surface area (Å²) in [4.78, 5) is 17.6. The van der Waals surface area contributed by atoms with Crippen molar-refractivity contribution in [2.75, 3.05) is 0 Å². The van der Waals surface area contributed by atoms with Gasteiger partial charge in [0.05, 0.1) is 4.53 Å². The molecule has 0 aliphatic rings. The molecule has 6 heteroatoms. The number of rotatable bonds is 3. The molecule has 0 saturated carbocycles. The third kappa shape index (κ3) is 3.52. The fraction of sp³-hybridized carbons (Fsp3) is 0.0500. The van der Waals surface area contributed by atoms with E-state index in [1.807, 2.05) is 54.6 Å². The van der Waals surface area contributed by atoms with Crippen LogP contribution in [0.2, 0.25) is 0 Å². The summed E-state index contributed by atoms with van der Waals surface area (Å²) < 4.78 is 2.96. The highest BCUT2D eigenvalue weighted by Crippen LogP contribution is 2.13. The number of benzene rings is 2. The molecule has 0 atom stereocenters. The quantitative estimate of drug-likeness (QED) is 0.501. The lowest BCUT2D eigenvalue weighted by Gasteiger charge is -1.93. The van der Waals surface area contributed by atoms with Crippen LogP contribution in [0.5, 0.6) is 0 Å². The van der Waals surface area contributed by atoms with Crippen LogP contribution in [0.1, 0.15) is 22.5 Å². The van der Waals surface area contributed by atoms with E-state index in [0.717, 1.165) is 15.6 Å². The number of halogens is 1. The second kappa shape index (κ2) is 6.97. The Balaban J connectivity index is 1.67. The largest absolute Gasteiger partial charge is 0.291 e. The smallest absolute Gasteiger partial charge is 0.266 e. The number of hydrogen-bond donors (Lipinski definition) is 0. The van der Waals surface area contributed by atoms with Gasteiger partial charge in [0.25, 0.3) is 5.56 Å². The predicted octanol–water partition coefficient (Wildman–Crippen LogP) is 3.94. The molecule has 0 N–H and O–H groups in total. The zero-order valence-corrected chi connectivity index (χ0v) is 16.3. The molecule has 0 radical (unpaired) electrons. The third-order valence-electron chi connectivity index (χ3n) is 3.85. The Bertz CT molecular complexity index is 1220. The van der Waals surface area contributed by atoms with E-state index in [0.29, 0.717) is 15.3 Å². The van der Waals surface area contributed by atoms with Gasteiger partial charge in [-0.1, -0.05) is 75.3 Å². The number of aryl methyl sites for hydroxylation is 1. The fourth-order valence-corrected chi connectivity index (χ4v) is 3.85. The van der Waals surface area contributed by atoms with E-state index in [1.54, 1.807) is 0 Å². The average molecular weight is 424 g/mol. The number of aromatic nitrogens is 3. The van der Waals surface area contributed by atoms with Crippen LogP contribution < -0.4 is 10.1 Å². The first kappa shape index (κ1) is 16.9. The van der Waals surface area contributed by atoms with E-state index in [1.165, 1.54) is 21.4 Å². The minimum atomic E-state index is -0.146. The Morgan fingerprint density at radius 3 is 2.62 bits per heavy atom. The summed E-state index contributed by atoms with van der Waals surface area (Å²) >= 11 is 4.78. The van der Waals surface area contributed by atoms with Crippen LogP contribution in [0, 0.1) is 6.92 Å². The molecule has 0 amide bonds. The molecule has 0 unspecified atom stereocenters. The van der Waals surface area contributed by atoms with Gasteiger partial charge in [-0.25, -0.2) is 0 Å². The van der Waals surface area contributed by atoms with E-state index >= 15 is 0 Å². The summed E-state index contributed by atoms with van der Waals surface area (Å²) in [6.07, 6.45) is 5.62. The molecule has 4 rings (SSSR count). The van der Waals surface area contributed by atoms with Crippen molar-refractivity contribution in [3.8, 4) is 0 Å². The lowest BCUT2D eigenvalue weighted by molar-refractivity contribution is 0.925. The van der Waals surface area contributed by atoms with Crippen molar-refractivity contribution < 1.29 is 0 Å². The number of thiazole rings is 1. The second-order valence-corrected chi connectivity index (χ2v) is 7.80. The van der Waals surface area contributed by atoms with Crippen molar-refractivity contribution in [2.45, 2.75) is 6.92 Å². The monoisotopic (exact) mass is 423 g/mol. The van der Waals surface area contributed by atoms with Gasteiger partial charge in [0.1, 0.15) is 0 Å². The SMILES string of the molecule is Cc1ccc(C=Cc2nc3sc(=Cc4cccc(Br)c4)c(=O)n3n2)cc1. The minimum absolute atomic E-state index is 0.146. The van der Waals surface area contributed by atoms with Gasteiger partial charge in [0.15, 0.2) is 5.82 Å². The van der Waals surface area contributed by atoms with Crippen LogP contribution in [0.25, 0.3) is 23.2 Å². The van der Waals surface area contributed by atoms with Gasteiger partial charge in [-0.05, 0) is 42.3 Å². The first-order chi connectivity index (χ1) is 12.6. The van der Waals surface area contributed by atoms with Crippen LogP contribution in [-0.4, -0.2) is 14.6 Å². The molecule has 128 valence electrons. The molecule has 2 aromatic heterocycles. The average Bonchev–Trinajstić information content (AvgIpc) is 3.14. The van der Waals surface area contributed by atoms with Crippen molar-refractivity contribution in [1.82, 2.24) is 14.6 Å². The van der Waals surface area contributed by atoms with Gasteiger partial charge in [-0.3, -0.25) is 4.79 Å². The Kier molecular flexibility index (Phi) is 4.53. The lowest BCUT2D eigenvalue weighted by Crippen LogP contribution is -2.23. The van der Waals surface area contributed by atoms with Crippen LogP contribution in [0.3, 0.4) is 0 Å². The molecule has 0 fully saturated rings. The molecule has 0 bridgehead atoms. The van der Waals surface area contributed by atoms with Crippen LogP contribution in [-0.2, 0) is 0 Å². The Hall–Kier alpha value is -2.57. The molecule has 2 aromatic carbocycles. The van der Waals surface area contributed by atoms with E-state index < -0.39 is 0 Å². The molecule has 2 heterocycles. The molecular formula is C20H14BrN3OS. The number of fused-ring (bicyclic) bond motifs is 1. The van der Waals surface area contributed by atoms with E-state index in [4.69, 9.17) is 0 Å². The molecule has 4 nitrogen and oxygen atoms in total. The highest BCUT2D eigenvalue weighted by molar-refractivity contribution is 9.10. The lowest BCUT2D eigenvalue weighted by atomic mass is 10.1. The van der Waals surface area contributed by atoms with Gasteiger partial charge < -0.3 is 0 Å². The molecule has 0 saturated heterocycles. The van der Waals surface area contributed by atoms with Crippen LogP contribution in [0.15, 0.2) is 57.8 Å². The van der Waals surface area contributed by atoms with Gasteiger partial charge >= 0.3 is 0 Å². The first-order valence-corrected chi connectivity index (χ1v) is 9.61. The van der Waals surface area contributed by atoms with Crippen LogP contribution >= 0.6 is 27.3 Å². The molecule has 4 aromatic rings. The van der Waals surface area contributed by atoms with E-state index in [2.05, 4.69) is 45.1 Å². The van der Waals surface area contributed by atoms with Crippen molar-refractivity contribution in [2.24, 2.45) is 0 Å². The standard InChI is InChI=1S/C20H14BrN3OS/c1-13-5-7-14(8-6-13)9-10-18-22-20-24(23-18)19(25)17(26-20)12-15-3-2-4-16(21)11-15/h2-12H,1H3. The van der Waals surface area contributed by atoms with Crippen molar-refractivity contribution in [1.29, 1.82) is 0 Å². The topological polar surface area (TPSA) is 47.3 Å². The highest BCUT2D eigenvalue weighted by Gasteiger charge is 2.08. The molecule has 0 aliphatic carbocycles. The zero-order chi connectivity index (χ0) is 18.1. The zero-order valence-electron chi connectivity index (χ0n) is 13.9. The first-order valence-electron chi connectivity index (χ1n) is 8.00. The molecule has 26 heavy (non-hydrogen) atoms. The van der Waals surface area contributed by atoms with Gasteiger partial charge in [-0.15, -0.1) is 5.10 Å². The summed E-state index contributed by atoms with van der Waals surface area (Å²) in [6, 6.07) is 16.0. The van der Waals surface area contributed by atoms with Crippen molar-refractivity contribution in [3.63, 3.8) is 0 Å². The Morgan fingerprint density at radius 2 is 1.88 bits per heavy atom. The van der Waals surface area contributed by atoms with Gasteiger partial charge in [-0.2, -0.15) is 9.50 Å². The highest BCUT2D eigenvalue weighted by atomic mass is 79.9. The minimum Gasteiger partial charge on any atom is -0.266 e. The summed E-state index contributed by atoms with van der Waals surface area (Å²) in [5.74, 6) is 0.530. The second-order valence-electron chi connectivity index (χ2n) is 5.88. The predicted molar refractivity (Wildman–Crippen MR) is 110 cm³/mol.